The molecule has 7 heteroatoms. The van der Waals surface area contributed by atoms with Crippen molar-refractivity contribution in [2.75, 3.05) is 52.2 Å². The molecule has 0 aromatic carbocycles. The summed E-state index contributed by atoms with van der Waals surface area (Å²) < 4.78 is 28.0. The van der Waals surface area contributed by atoms with Crippen molar-refractivity contribution >= 4 is 21.8 Å². The fraction of sp³-hybridized carbons (Fsp3) is 1.00. The first-order valence-electron chi connectivity index (χ1n) is 8.04. The molecule has 2 saturated heterocycles. The number of nitrogens with zero attached hydrogens (tertiary/aromatic N) is 3. The third-order valence-electron chi connectivity index (χ3n) is 4.62. The van der Waals surface area contributed by atoms with E-state index in [0.29, 0.717) is 37.9 Å². The second-order valence-corrected chi connectivity index (χ2v) is 8.64. The van der Waals surface area contributed by atoms with Crippen molar-refractivity contribution in [3.8, 4) is 0 Å². The van der Waals surface area contributed by atoms with Crippen LogP contribution in [-0.4, -0.2) is 74.1 Å². The topological polar surface area (TPSA) is 43.9 Å². The summed E-state index contributed by atoms with van der Waals surface area (Å²) in [6.07, 6.45) is 5.30. The molecule has 0 aliphatic carbocycles. The highest BCUT2D eigenvalue weighted by atomic mass is 35.5. The van der Waals surface area contributed by atoms with Gasteiger partial charge in [0.1, 0.15) is 0 Å². The van der Waals surface area contributed by atoms with Gasteiger partial charge >= 0.3 is 0 Å². The molecule has 124 valence electrons. The van der Waals surface area contributed by atoms with Crippen molar-refractivity contribution in [1.82, 2.24) is 13.5 Å². The highest BCUT2D eigenvalue weighted by Crippen LogP contribution is 2.23. The number of piperidine rings is 1. The summed E-state index contributed by atoms with van der Waals surface area (Å²) in [4.78, 5) is 2.53. The van der Waals surface area contributed by atoms with Crippen LogP contribution < -0.4 is 0 Å². The first kappa shape index (κ1) is 17.5. The van der Waals surface area contributed by atoms with E-state index in [1.807, 2.05) is 0 Å². The molecular formula is C14H28ClN3O2S. The first-order valence-corrected chi connectivity index (χ1v) is 9.97. The lowest BCUT2D eigenvalue weighted by Crippen LogP contribution is -2.47. The molecule has 0 aromatic rings. The maximum absolute atomic E-state index is 12.4. The zero-order chi connectivity index (χ0) is 15.3. The third-order valence-corrected chi connectivity index (χ3v) is 6.87. The number of halogens is 1. The number of rotatable bonds is 7. The van der Waals surface area contributed by atoms with E-state index < -0.39 is 10.2 Å². The second kappa shape index (κ2) is 8.11. The van der Waals surface area contributed by atoms with Crippen molar-refractivity contribution < 1.29 is 8.42 Å². The van der Waals surface area contributed by atoms with E-state index >= 15 is 0 Å². The van der Waals surface area contributed by atoms with Crippen LogP contribution in [0.4, 0.5) is 0 Å². The number of hydrogen-bond donors (Lipinski definition) is 0. The van der Waals surface area contributed by atoms with Gasteiger partial charge in [0.15, 0.2) is 0 Å². The predicted molar refractivity (Wildman–Crippen MR) is 86.9 cm³/mol. The van der Waals surface area contributed by atoms with Crippen LogP contribution in [0.25, 0.3) is 0 Å². The summed E-state index contributed by atoms with van der Waals surface area (Å²) in [5.74, 6) is 1.15. The predicted octanol–water partition coefficient (Wildman–Crippen LogP) is 1.60. The summed E-state index contributed by atoms with van der Waals surface area (Å²) >= 11 is 5.64. The van der Waals surface area contributed by atoms with Crippen LogP contribution in [0.3, 0.4) is 0 Å². The average molecular weight is 338 g/mol. The van der Waals surface area contributed by atoms with E-state index in [1.165, 1.54) is 30.2 Å². The van der Waals surface area contributed by atoms with Gasteiger partial charge < -0.3 is 4.90 Å². The molecule has 0 aromatic heterocycles. The van der Waals surface area contributed by atoms with Crippen molar-refractivity contribution in [1.29, 1.82) is 0 Å². The number of hydrogen-bond acceptors (Lipinski definition) is 3. The third kappa shape index (κ3) is 4.79. The highest BCUT2D eigenvalue weighted by Gasteiger charge is 2.31. The molecule has 2 aliphatic heterocycles. The van der Waals surface area contributed by atoms with Crippen molar-refractivity contribution in [3.05, 3.63) is 0 Å². The molecule has 0 unspecified atom stereocenters. The molecule has 0 amide bonds. The quantitative estimate of drug-likeness (QED) is 0.663. The first-order chi connectivity index (χ1) is 10.0. The zero-order valence-corrected chi connectivity index (χ0v) is 14.6. The Balaban J connectivity index is 1.79. The van der Waals surface area contributed by atoms with Gasteiger partial charge in [0.2, 0.25) is 0 Å². The molecule has 2 rings (SSSR count). The molecule has 2 heterocycles. The summed E-state index contributed by atoms with van der Waals surface area (Å²) in [5.41, 5.74) is 0. The van der Waals surface area contributed by atoms with Crippen LogP contribution in [-0.2, 0) is 10.2 Å². The monoisotopic (exact) mass is 337 g/mol. The van der Waals surface area contributed by atoms with Gasteiger partial charge in [-0.25, -0.2) is 0 Å². The van der Waals surface area contributed by atoms with Gasteiger partial charge in [-0.1, -0.05) is 0 Å². The number of likely N-dealkylation sites (tertiary alicyclic amines) is 1. The Morgan fingerprint density at radius 2 is 1.76 bits per heavy atom. The molecule has 5 nitrogen and oxygen atoms in total. The van der Waals surface area contributed by atoms with E-state index in [9.17, 15) is 8.42 Å². The summed E-state index contributed by atoms with van der Waals surface area (Å²) in [6.45, 7) is 5.41. The lowest BCUT2D eigenvalue weighted by molar-refractivity contribution is 0.200. The minimum atomic E-state index is -3.29. The Hall–Kier alpha value is 0.120. The van der Waals surface area contributed by atoms with Gasteiger partial charge in [0, 0.05) is 39.1 Å². The van der Waals surface area contributed by atoms with Gasteiger partial charge in [-0.2, -0.15) is 17.0 Å². The Bertz CT molecular complexity index is 404. The van der Waals surface area contributed by atoms with Crippen LogP contribution in [0, 0.1) is 5.92 Å². The van der Waals surface area contributed by atoms with Crippen LogP contribution >= 0.6 is 11.6 Å². The normalized spacial score (nSPS) is 23.2. The van der Waals surface area contributed by atoms with E-state index in [-0.39, 0.29) is 0 Å². The Labute approximate surface area is 134 Å². The van der Waals surface area contributed by atoms with Crippen molar-refractivity contribution in [2.45, 2.75) is 32.1 Å². The van der Waals surface area contributed by atoms with E-state index in [2.05, 4.69) is 4.90 Å². The molecule has 0 bridgehead atoms. The van der Waals surface area contributed by atoms with E-state index in [4.69, 9.17) is 11.6 Å². The highest BCUT2D eigenvalue weighted by molar-refractivity contribution is 7.86. The smallest absolute Gasteiger partial charge is 0.281 e. The molecule has 21 heavy (non-hydrogen) atoms. The minimum absolute atomic E-state index is 0.498. The standard InChI is InChI=1S/C14H28ClN3O2S/c1-16(8-4-7-15)21(19,20)18-11-5-14(6-12-18)13-17-9-2-3-10-17/h14H,2-13H2,1H3. The molecular weight excluding hydrogens is 310 g/mol. The van der Waals surface area contributed by atoms with E-state index in [0.717, 1.165) is 19.4 Å². The Kier molecular flexibility index (Phi) is 6.75. The maximum Gasteiger partial charge on any atom is 0.281 e. The lowest BCUT2D eigenvalue weighted by atomic mass is 9.98. The van der Waals surface area contributed by atoms with Crippen LogP contribution in [0.5, 0.6) is 0 Å². The van der Waals surface area contributed by atoms with Crippen LogP contribution in [0.1, 0.15) is 32.1 Å². The Morgan fingerprint density at radius 3 is 2.33 bits per heavy atom. The Morgan fingerprint density at radius 1 is 1.14 bits per heavy atom. The second-order valence-electron chi connectivity index (χ2n) is 6.22. The van der Waals surface area contributed by atoms with Gasteiger partial charge in [0.25, 0.3) is 10.2 Å². The lowest BCUT2D eigenvalue weighted by Gasteiger charge is -2.35. The molecule has 0 atom stereocenters. The minimum Gasteiger partial charge on any atom is -0.303 e. The molecule has 2 fully saturated rings. The summed E-state index contributed by atoms with van der Waals surface area (Å²) in [6, 6.07) is 0. The summed E-state index contributed by atoms with van der Waals surface area (Å²) in [7, 11) is -1.64. The molecule has 2 aliphatic rings. The van der Waals surface area contributed by atoms with Gasteiger partial charge in [0.05, 0.1) is 0 Å². The molecule has 0 radical (unpaired) electrons. The van der Waals surface area contributed by atoms with Crippen LogP contribution in [0.15, 0.2) is 0 Å². The zero-order valence-electron chi connectivity index (χ0n) is 13.0. The maximum atomic E-state index is 12.4. The average Bonchev–Trinajstić information content (AvgIpc) is 2.98. The van der Waals surface area contributed by atoms with E-state index in [1.54, 1.807) is 11.4 Å². The molecule has 0 N–H and O–H groups in total. The largest absolute Gasteiger partial charge is 0.303 e. The van der Waals surface area contributed by atoms with Gasteiger partial charge in [-0.3, -0.25) is 0 Å². The van der Waals surface area contributed by atoms with Crippen molar-refractivity contribution in [2.24, 2.45) is 5.92 Å². The van der Waals surface area contributed by atoms with Crippen LogP contribution in [0.2, 0.25) is 0 Å². The van der Waals surface area contributed by atoms with Gasteiger partial charge in [-0.15, -0.1) is 11.6 Å². The molecule has 0 spiro atoms. The molecule has 0 saturated carbocycles. The fourth-order valence-electron chi connectivity index (χ4n) is 3.25. The fourth-order valence-corrected chi connectivity index (χ4v) is 4.79. The summed E-state index contributed by atoms with van der Waals surface area (Å²) in [5, 5.41) is 0. The SMILES string of the molecule is CN(CCCCl)S(=O)(=O)N1CCC(CN2CCCC2)CC1. The number of alkyl halides is 1. The van der Waals surface area contributed by atoms with Gasteiger partial charge in [-0.05, 0) is 51.1 Å². The van der Waals surface area contributed by atoms with Crippen molar-refractivity contribution in [3.63, 3.8) is 0 Å².